The Morgan fingerprint density at radius 1 is 0.600 bits per heavy atom. The van der Waals surface area contributed by atoms with Crippen LogP contribution in [0.25, 0.3) is 0 Å². The van der Waals surface area contributed by atoms with E-state index in [9.17, 15) is 20.4 Å². The Morgan fingerprint density at radius 2 is 1.00 bits per heavy atom. The van der Waals surface area contributed by atoms with Gasteiger partial charge in [0.25, 0.3) is 0 Å². The van der Waals surface area contributed by atoms with E-state index in [2.05, 4.69) is 0 Å². The Bertz CT molecular complexity index is 859. The van der Waals surface area contributed by atoms with Crippen LogP contribution in [-0.2, 0) is 0 Å². The zero-order chi connectivity index (χ0) is 18.1. The fourth-order valence-corrected chi connectivity index (χ4v) is 3.19. The van der Waals surface area contributed by atoms with Gasteiger partial charge in [0.1, 0.15) is 0 Å². The van der Waals surface area contributed by atoms with Crippen LogP contribution in [0, 0.1) is 13.8 Å². The van der Waals surface area contributed by atoms with Crippen molar-refractivity contribution in [3.05, 3.63) is 82.4 Å². The summed E-state index contributed by atoms with van der Waals surface area (Å²) >= 11 is 0. The monoisotopic (exact) mass is 336 g/mol. The number of hydrogen-bond donors (Lipinski definition) is 4. The zero-order valence-electron chi connectivity index (χ0n) is 14.1. The molecule has 0 aliphatic heterocycles. The first kappa shape index (κ1) is 16.7. The molecule has 0 saturated heterocycles. The molecule has 0 fully saturated rings. The van der Waals surface area contributed by atoms with Crippen LogP contribution in [0.15, 0.2) is 54.6 Å². The molecule has 0 aliphatic rings. The molecule has 0 heterocycles. The smallest absolute Gasteiger partial charge is 0.157 e. The van der Waals surface area contributed by atoms with Gasteiger partial charge >= 0.3 is 0 Å². The lowest BCUT2D eigenvalue weighted by atomic mass is 9.81. The summed E-state index contributed by atoms with van der Waals surface area (Å²) in [5, 5.41) is 39.5. The highest BCUT2D eigenvalue weighted by molar-refractivity contribution is 5.56. The Morgan fingerprint density at radius 3 is 1.44 bits per heavy atom. The van der Waals surface area contributed by atoms with Gasteiger partial charge in [-0.1, -0.05) is 30.3 Å². The highest BCUT2D eigenvalue weighted by Crippen LogP contribution is 2.42. The average molecular weight is 336 g/mol. The molecule has 0 spiro atoms. The standard InChI is InChI=1S/C21H20O4/c1-12-8-17(22)19(24)10-15(12)21(14-6-4-3-5-7-14)16-11-20(25)18(23)9-13(16)2/h3-11,21-25H,1-2H3. The third-order valence-electron chi connectivity index (χ3n) is 4.48. The number of benzene rings is 3. The van der Waals surface area contributed by atoms with E-state index in [-0.39, 0.29) is 28.9 Å². The molecule has 0 aromatic heterocycles. The van der Waals surface area contributed by atoms with Gasteiger partial charge in [0.05, 0.1) is 0 Å². The van der Waals surface area contributed by atoms with Crippen LogP contribution in [-0.4, -0.2) is 20.4 Å². The molecule has 3 rings (SSSR count). The molecule has 0 saturated carbocycles. The minimum Gasteiger partial charge on any atom is -0.504 e. The van der Waals surface area contributed by atoms with Gasteiger partial charge < -0.3 is 20.4 Å². The second-order valence-corrected chi connectivity index (χ2v) is 6.24. The Kier molecular flexibility index (Phi) is 4.28. The molecular weight excluding hydrogens is 316 g/mol. The fraction of sp³-hybridized carbons (Fsp3) is 0.143. The Hall–Kier alpha value is -3.14. The quantitative estimate of drug-likeness (QED) is 0.424. The largest absolute Gasteiger partial charge is 0.504 e. The number of phenolic OH excluding ortho intramolecular Hbond substituents is 4. The van der Waals surface area contributed by atoms with Crippen molar-refractivity contribution in [1.82, 2.24) is 0 Å². The van der Waals surface area contributed by atoms with Crippen molar-refractivity contribution < 1.29 is 20.4 Å². The Balaban J connectivity index is 2.29. The van der Waals surface area contributed by atoms with E-state index in [0.29, 0.717) is 0 Å². The van der Waals surface area contributed by atoms with E-state index in [0.717, 1.165) is 27.8 Å². The first-order valence-electron chi connectivity index (χ1n) is 7.98. The lowest BCUT2D eigenvalue weighted by molar-refractivity contribution is 0.401. The van der Waals surface area contributed by atoms with Crippen molar-refractivity contribution >= 4 is 0 Å². The minimum atomic E-state index is -0.265. The van der Waals surface area contributed by atoms with Crippen molar-refractivity contribution in [2.24, 2.45) is 0 Å². The van der Waals surface area contributed by atoms with Crippen LogP contribution in [0.3, 0.4) is 0 Å². The normalized spacial score (nSPS) is 11.0. The van der Waals surface area contributed by atoms with Gasteiger partial charge in [-0.3, -0.25) is 0 Å². The molecule has 0 unspecified atom stereocenters. The van der Waals surface area contributed by atoms with Crippen molar-refractivity contribution in [2.75, 3.05) is 0 Å². The summed E-state index contributed by atoms with van der Waals surface area (Å²) in [6.07, 6.45) is 0. The molecule has 0 radical (unpaired) electrons. The van der Waals surface area contributed by atoms with Gasteiger partial charge in [-0.25, -0.2) is 0 Å². The van der Waals surface area contributed by atoms with Crippen molar-refractivity contribution in [2.45, 2.75) is 19.8 Å². The highest BCUT2D eigenvalue weighted by atomic mass is 16.3. The second kappa shape index (κ2) is 6.40. The van der Waals surface area contributed by atoms with Gasteiger partial charge in [0.15, 0.2) is 23.0 Å². The van der Waals surface area contributed by atoms with Crippen molar-refractivity contribution in [3.63, 3.8) is 0 Å². The summed E-state index contributed by atoms with van der Waals surface area (Å²) in [4.78, 5) is 0. The van der Waals surface area contributed by atoms with Crippen LogP contribution in [0.1, 0.15) is 33.7 Å². The predicted molar refractivity (Wildman–Crippen MR) is 96.4 cm³/mol. The molecule has 0 amide bonds. The molecule has 3 aromatic carbocycles. The molecule has 0 atom stereocenters. The van der Waals surface area contributed by atoms with E-state index < -0.39 is 0 Å². The van der Waals surface area contributed by atoms with Gasteiger partial charge in [0, 0.05) is 5.92 Å². The molecule has 0 bridgehead atoms. The fourth-order valence-electron chi connectivity index (χ4n) is 3.19. The van der Waals surface area contributed by atoms with E-state index in [4.69, 9.17) is 0 Å². The molecule has 4 heteroatoms. The molecule has 128 valence electrons. The van der Waals surface area contributed by atoms with Crippen LogP contribution in [0.4, 0.5) is 0 Å². The zero-order valence-corrected chi connectivity index (χ0v) is 14.1. The maximum Gasteiger partial charge on any atom is 0.157 e. The third-order valence-corrected chi connectivity index (χ3v) is 4.48. The van der Waals surface area contributed by atoms with Crippen molar-refractivity contribution in [3.8, 4) is 23.0 Å². The summed E-state index contributed by atoms with van der Waals surface area (Å²) < 4.78 is 0. The first-order valence-corrected chi connectivity index (χ1v) is 7.98. The number of hydrogen-bond acceptors (Lipinski definition) is 4. The van der Waals surface area contributed by atoms with Gasteiger partial charge in [-0.2, -0.15) is 0 Å². The van der Waals surface area contributed by atoms with Crippen LogP contribution in [0.5, 0.6) is 23.0 Å². The third kappa shape index (κ3) is 3.11. The molecule has 3 aromatic rings. The first-order chi connectivity index (χ1) is 11.9. The molecule has 4 nitrogen and oxygen atoms in total. The minimum absolute atomic E-state index is 0.168. The summed E-state index contributed by atoms with van der Waals surface area (Å²) in [5.41, 5.74) is 4.24. The average Bonchev–Trinajstić information content (AvgIpc) is 2.58. The van der Waals surface area contributed by atoms with Gasteiger partial charge in [0.2, 0.25) is 0 Å². The number of phenols is 4. The van der Waals surface area contributed by atoms with Gasteiger partial charge in [-0.05, 0) is 65.9 Å². The summed E-state index contributed by atoms with van der Waals surface area (Å²) in [7, 11) is 0. The van der Waals surface area contributed by atoms with Crippen LogP contribution in [0.2, 0.25) is 0 Å². The lowest BCUT2D eigenvalue weighted by Gasteiger charge is -2.23. The van der Waals surface area contributed by atoms with E-state index in [1.807, 2.05) is 44.2 Å². The lowest BCUT2D eigenvalue weighted by Crippen LogP contribution is -2.07. The van der Waals surface area contributed by atoms with E-state index in [1.54, 1.807) is 12.1 Å². The number of rotatable bonds is 3. The van der Waals surface area contributed by atoms with Crippen molar-refractivity contribution in [1.29, 1.82) is 0 Å². The topological polar surface area (TPSA) is 80.9 Å². The molecule has 4 N–H and O–H groups in total. The van der Waals surface area contributed by atoms with Crippen LogP contribution < -0.4 is 0 Å². The van der Waals surface area contributed by atoms with Gasteiger partial charge in [-0.15, -0.1) is 0 Å². The maximum absolute atomic E-state index is 10.00. The SMILES string of the molecule is Cc1cc(O)c(O)cc1C(c1ccccc1)c1cc(O)c(O)cc1C. The number of aryl methyl sites for hydroxylation is 2. The summed E-state index contributed by atoms with van der Waals surface area (Å²) in [6.45, 7) is 3.72. The summed E-state index contributed by atoms with van der Waals surface area (Å²) in [6, 6.07) is 15.8. The summed E-state index contributed by atoms with van der Waals surface area (Å²) in [5.74, 6) is -0.986. The number of aromatic hydroxyl groups is 4. The van der Waals surface area contributed by atoms with E-state index >= 15 is 0 Å². The predicted octanol–water partition coefficient (Wildman–Crippen LogP) is 4.31. The molecule has 0 aliphatic carbocycles. The molecule has 25 heavy (non-hydrogen) atoms. The highest BCUT2D eigenvalue weighted by Gasteiger charge is 2.23. The van der Waals surface area contributed by atoms with Crippen LogP contribution >= 0.6 is 0 Å². The molecular formula is C21H20O4. The Labute approximate surface area is 146 Å². The second-order valence-electron chi connectivity index (χ2n) is 6.24. The van der Waals surface area contributed by atoms with E-state index in [1.165, 1.54) is 12.1 Å². The maximum atomic E-state index is 10.00.